The van der Waals surface area contributed by atoms with Gasteiger partial charge in [0.2, 0.25) is 5.91 Å². The molecule has 104 valence electrons. The number of benzene rings is 1. The number of aliphatic hydroxyl groups excluding tert-OH is 1. The van der Waals surface area contributed by atoms with Crippen molar-refractivity contribution < 1.29 is 14.6 Å². The Kier molecular flexibility index (Phi) is 4.80. The van der Waals surface area contributed by atoms with Gasteiger partial charge in [0.25, 0.3) is 0 Å². The molecule has 2 rings (SSSR count). The van der Waals surface area contributed by atoms with Crippen LogP contribution in [0.2, 0.25) is 0 Å². The summed E-state index contributed by atoms with van der Waals surface area (Å²) in [6.45, 7) is 0.243. The molecule has 0 heterocycles. The Bertz CT molecular complexity index is 408. The number of hydrogen-bond donors (Lipinski definition) is 2. The second-order valence-corrected chi connectivity index (χ2v) is 5.12. The van der Waals surface area contributed by atoms with Crippen molar-refractivity contribution in [2.45, 2.75) is 25.7 Å². The molecule has 2 N–H and O–H groups in total. The lowest BCUT2D eigenvalue weighted by molar-refractivity contribution is -0.121. The van der Waals surface area contributed by atoms with E-state index in [1.54, 1.807) is 7.11 Å². The van der Waals surface area contributed by atoms with Crippen molar-refractivity contribution in [1.29, 1.82) is 0 Å². The zero-order chi connectivity index (χ0) is 13.7. The fourth-order valence-electron chi connectivity index (χ4n) is 2.53. The van der Waals surface area contributed by atoms with Crippen molar-refractivity contribution in [3.8, 4) is 5.75 Å². The molecular formula is C15H21NO3. The Hall–Kier alpha value is -1.55. The van der Waals surface area contributed by atoms with E-state index >= 15 is 0 Å². The van der Waals surface area contributed by atoms with Gasteiger partial charge in [-0.15, -0.1) is 0 Å². The molecule has 4 heteroatoms. The van der Waals surface area contributed by atoms with Gasteiger partial charge in [0, 0.05) is 18.2 Å². The second-order valence-electron chi connectivity index (χ2n) is 5.12. The van der Waals surface area contributed by atoms with Crippen molar-refractivity contribution in [1.82, 2.24) is 0 Å². The molecular weight excluding hydrogens is 242 g/mol. The number of amides is 1. The summed E-state index contributed by atoms with van der Waals surface area (Å²) in [6.07, 6.45) is 3.62. The van der Waals surface area contributed by atoms with E-state index in [-0.39, 0.29) is 18.4 Å². The van der Waals surface area contributed by atoms with Crippen molar-refractivity contribution in [2.75, 3.05) is 19.0 Å². The van der Waals surface area contributed by atoms with Crippen LogP contribution in [0.4, 0.5) is 5.69 Å². The highest BCUT2D eigenvalue weighted by molar-refractivity contribution is 5.92. The summed E-state index contributed by atoms with van der Waals surface area (Å²) in [5.74, 6) is 1.32. The lowest BCUT2D eigenvalue weighted by Gasteiger charge is -2.26. The van der Waals surface area contributed by atoms with Gasteiger partial charge in [-0.3, -0.25) is 4.79 Å². The molecule has 4 nitrogen and oxygen atoms in total. The molecule has 19 heavy (non-hydrogen) atoms. The molecule has 1 aromatic rings. The van der Waals surface area contributed by atoms with Crippen LogP contribution in [0.15, 0.2) is 24.3 Å². The molecule has 1 aliphatic rings. The number of hydrogen-bond acceptors (Lipinski definition) is 3. The van der Waals surface area contributed by atoms with Gasteiger partial charge in [0.15, 0.2) is 0 Å². The van der Waals surface area contributed by atoms with E-state index in [4.69, 9.17) is 9.84 Å². The van der Waals surface area contributed by atoms with Crippen molar-refractivity contribution >= 4 is 11.6 Å². The quantitative estimate of drug-likeness (QED) is 0.877. The third-order valence-electron chi connectivity index (χ3n) is 3.83. The highest BCUT2D eigenvalue weighted by atomic mass is 16.5. The Balaban J connectivity index is 1.86. The first-order valence-electron chi connectivity index (χ1n) is 6.78. The number of anilines is 1. The third kappa shape index (κ3) is 3.70. The second kappa shape index (κ2) is 6.57. The first-order valence-corrected chi connectivity index (χ1v) is 6.78. The van der Waals surface area contributed by atoms with E-state index in [9.17, 15) is 4.79 Å². The number of ether oxygens (including phenoxy) is 1. The van der Waals surface area contributed by atoms with Gasteiger partial charge in [-0.1, -0.05) is 0 Å². The summed E-state index contributed by atoms with van der Waals surface area (Å²) < 4.78 is 5.08. The Labute approximate surface area is 113 Å². The van der Waals surface area contributed by atoms with E-state index in [1.165, 1.54) is 0 Å². The fraction of sp³-hybridized carbons (Fsp3) is 0.533. The minimum Gasteiger partial charge on any atom is -0.497 e. The van der Waals surface area contributed by atoms with Gasteiger partial charge in [0.05, 0.1) is 7.11 Å². The molecule has 0 unspecified atom stereocenters. The predicted molar refractivity (Wildman–Crippen MR) is 74.2 cm³/mol. The van der Waals surface area contributed by atoms with Crippen molar-refractivity contribution in [2.24, 2.45) is 11.8 Å². The zero-order valence-electron chi connectivity index (χ0n) is 11.3. The van der Waals surface area contributed by atoms with Crippen molar-refractivity contribution in [3.63, 3.8) is 0 Å². The minimum absolute atomic E-state index is 0.0740. The number of carbonyl (C=O) groups excluding carboxylic acids is 1. The van der Waals surface area contributed by atoms with Gasteiger partial charge < -0.3 is 15.2 Å². The smallest absolute Gasteiger partial charge is 0.227 e. The molecule has 1 fully saturated rings. The number of carbonyl (C=O) groups is 1. The number of nitrogens with one attached hydrogen (secondary N) is 1. The third-order valence-corrected chi connectivity index (χ3v) is 3.83. The van der Waals surface area contributed by atoms with Crippen LogP contribution in [0.1, 0.15) is 25.7 Å². The van der Waals surface area contributed by atoms with Crippen molar-refractivity contribution in [3.05, 3.63) is 24.3 Å². The predicted octanol–water partition coefficient (Wildman–Crippen LogP) is 2.43. The summed E-state index contributed by atoms with van der Waals surface area (Å²) in [7, 11) is 1.62. The van der Waals surface area contributed by atoms with E-state index in [0.717, 1.165) is 37.1 Å². The molecule has 1 aliphatic carbocycles. The Morgan fingerprint density at radius 2 is 1.89 bits per heavy atom. The average molecular weight is 263 g/mol. The maximum atomic E-state index is 12.1. The first-order chi connectivity index (χ1) is 9.22. The molecule has 0 bridgehead atoms. The van der Waals surface area contributed by atoms with Crippen LogP contribution in [-0.4, -0.2) is 24.7 Å². The van der Waals surface area contributed by atoms with E-state index in [0.29, 0.717) is 5.92 Å². The summed E-state index contributed by atoms with van der Waals surface area (Å²) >= 11 is 0. The standard InChI is InChI=1S/C15H21NO3/c1-19-14-8-6-13(7-9-14)16-15(18)12-4-2-11(10-17)3-5-12/h6-9,11-12,17H,2-5,10H2,1H3,(H,16,18). The maximum absolute atomic E-state index is 12.1. The highest BCUT2D eigenvalue weighted by Gasteiger charge is 2.25. The van der Waals surface area contributed by atoms with E-state index < -0.39 is 0 Å². The molecule has 0 saturated heterocycles. The SMILES string of the molecule is COc1ccc(NC(=O)C2CCC(CO)CC2)cc1. The highest BCUT2D eigenvalue weighted by Crippen LogP contribution is 2.29. The van der Waals surface area contributed by atoms with Crippen LogP contribution in [-0.2, 0) is 4.79 Å². The lowest BCUT2D eigenvalue weighted by Crippen LogP contribution is -2.28. The normalized spacial score (nSPS) is 22.8. The molecule has 1 aromatic carbocycles. The topological polar surface area (TPSA) is 58.6 Å². The van der Waals surface area contributed by atoms with Crippen LogP contribution in [0.5, 0.6) is 5.75 Å². The van der Waals surface area contributed by atoms with Gasteiger partial charge in [-0.05, 0) is 55.9 Å². The zero-order valence-corrected chi connectivity index (χ0v) is 11.3. The lowest BCUT2D eigenvalue weighted by atomic mass is 9.82. The summed E-state index contributed by atoms with van der Waals surface area (Å²) in [5.41, 5.74) is 0.801. The summed E-state index contributed by atoms with van der Waals surface area (Å²) in [5, 5.41) is 12.0. The number of methoxy groups -OCH3 is 1. The van der Waals surface area contributed by atoms with Gasteiger partial charge in [-0.25, -0.2) is 0 Å². The van der Waals surface area contributed by atoms with Crippen LogP contribution in [0.3, 0.4) is 0 Å². The molecule has 0 spiro atoms. The summed E-state index contributed by atoms with van der Waals surface area (Å²) in [6, 6.07) is 7.35. The average Bonchev–Trinajstić information content (AvgIpc) is 2.48. The maximum Gasteiger partial charge on any atom is 0.227 e. The molecule has 0 radical (unpaired) electrons. The van der Waals surface area contributed by atoms with Gasteiger partial charge >= 0.3 is 0 Å². The number of aliphatic hydroxyl groups is 1. The van der Waals surface area contributed by atoms with E-state index in [1.807, 2.05) is 24.3 Å². The minimum atomic E-state index is 0.0740. The largest absolute Gasteiger partial charge is 0.497 e. The van der Waals surface area contributed by atoms with Crippen LogP contribution < -0.4 is 10.1 Å². The Morgan fingerprint density at radius 1 is 1.26 bits per heavy atom. The van der Waals surface area contributed by atoms with Gasteiger partial charge in [0.1, 0.15) is 5.75 Å². The first kappa shape index (κ1) is 13.9. The Morgan fingerprint density at radius 3 is 2.42 bits per heavy atom. The molecule has 1 saturated carbocycles. The van der Waals surface area contributed by atoms with E-state index in [2.05, 4.69) is 5.32 Å². The molecule has 0 aliphatic heterocycles. The van der Waals surface area contributed by atoms with Gasteiger partial charge in [-0.2, -0.15) is 0 Å². The number of rotatable bonds is 4. The monoisotopic (exact) mass is 263 g/mol. The molecule has 0 atom stereocenters. The van der Waals surface area contributed by atoms with Crippen LogP contribution in [0, 0.1) is 11.8 Å². The molecule has 1 amide bonds. The summed E-state index contributed by atoms with van der Waals surface area (Å²) in [4.78, 5) is 12.1. The fourth-order valence-corrected chi connectivity index (χ4v) is 2.53. The van der Waals surface area contributed by atoms with Crippen LogP contribution in [0.25, 0.3) is 0 Å². The molecule has 0 aromatic heterocycles. The van der Waals surface area contributed by atoms with Crippen LogP contribution >= 0.6 is 0 Å².